The Kier molecular flexibility index (Phi) is 5.37. The predicted molar refractivity (Wildman–Crippen MR) is 66.2 cm³/mol. The van der Waals surface area contributed by atoms with Crippen molar-refractivity contribution in [1.29, 1.82) is 0 Å². The zero-order chi connectivity index (χ0) is 11.1. The van der Waals surface area contributed by atoms with E-state index in [1.165, 1.54) is 16.7 Å². The van der Waals surface area contributed by atoms with Gasteiger partial charge >= 0.3 is 0 Å². The van der Waals surface area contributed by atoms with E-state index in [0.717, 1.165) is 32.5 Å². The van der Waals surface area contributed by atoms with Crippen LogP contribution in [0.15, 0.2) is 18.2 Å². The molecule has 3 N–H and O–H groups in total. The molecular weight excluding hydrogens is 184 g/mol. The van der Waals surface area contributed by atoms with Crippen LogP contribution in [-0.2, 0) is 6.42 Å². The lowest BCUT2D eigenvalue weighted by Gasteiger charge is -2.06. The van der Waals surface area contributed by atoms with Gasteiger partial charge in [0.05, 0.1) is 0 Å². The van der Waals surface area contributed by atoms with Crippen LogP contribution in [0.25, 0.3) is 0 Å². The van der Waals surface area contributed by atoms with Gasteiger partial charge in [-0.25, -0.2) is 0 Å². The van der Waals surface area contributed by atoms with Crippen molar-refractivity contribution < 1.29 is 0 Å². The first-order valence-corrected chi connectivity index (χ1v) is 5.71. The summed E-state index contributed by atoms with van der Waals surface area (Å²) in [6.07, 6.45) is 2.17. The topological polar surface area (TPSA) is 38.0 Å². The lowest BCUT2D eigenvalue weighted by Crippen LogP contribution is -2.20. The predicted octanol–water partition coefficient (Wildman–Crippen LogP) is 1.78. The SMILES string of the molecule is Cc1ccc(CCNCCCN)cc1C. The van der Waals surface area contributed by atoms with Crippen LogP contribution < -0.4 is 11.1 Å². The van der Waals surface area contributed by atoms with E-state index < -0.39 is 0 Å². The lowest BCUT2D eigenvalue weighted by atomic mass is 10.0. The molecule has 0 bridgehead atoms. The minimum atomic E-state index is 0.774. The normalized spacial score (nSPS) is 10.6. The summed E-state index contributed by atoms with van der Waals surface area (Å²) in [6, 6.07) is 6.69. The van der Waals surface area contributed by atoms with Gasteiger partial charge in [0.2, 0.25) is 0 Å². The van der Waals surface area contributed by atoms with Crippen LogP contribution in [0.2, 0.25) is 0 Å². The minimum Gasteiger partial charge on any atom is -0.330 e. The Hall–Kier alpha value is -0.860. The molecule has 2 nitrogen and oxygen atoms in total. The van der Waals surface area contributed by atoms with E-state index in [0.29, 0.717) is 0 Å². The average Bonchev–Trinajstić information content (AvgIpc) is 2.23. The molecule has 0 radical (unpaired) electrons. The van der Waals surface area contributed by atoms with Gasteiger partial charge in [0, 0.05) is 0 Å². The molecule has 0 fully saturated rings. The molecule has 0 spiro atoms. The summed E-state index contributed by atoms with van der Waals surface area (Å²) in [5.41, 5.74) is 9.59. The minimum absolute atomic E-state index is 0.774. The molecule has 1 aromatic rings. The standard InChI is InChI=1S/C13H22N2/c1-11-4-5-13(10-12(11)2)6-9-15-8-3-7-14/h4-5,10,15H,3,6-9,14H2,1-2H3. The number of nitrogens with two attached hydrogens (primary N) is 1. The zero-order valence-electron chi connectivity index (χ0n) is 9.84. The molecule has 0 saturated carbocycles. The molecule has 2 heteroatoms. The van der Waals surface area contributed by atoms with Crippen molar-refractivity contribution in [3.05, 3.63) is 34.9 Å². The molecule has 1 rings (SSSR count). The van der Waals surface area contributed by atoms with Crippen LogP contribution >= 0.6 is 0 Å². The van der Waals surface area contributed by atoms with Gasteiger partial charge in [0.1, 0.15) is 0 Å². The van der Waals surface area contributed by atoms with Crippen LogP contribution in [0.5, 0.6) is 0 Å². The van der Waals surface area contributed by atoms with Crippen LogP contribution in [0.3, 0.4) is 0 Å². The van der Waals surface area contributed by atoms with Crippen LogP contribution in [0.4, 0.5) is 0 Å². The molecular formula is C13H22N2. The number of rotatable bonds is 6. The van der Waals surface area contributed by atoms with E-state index in [4.69, 9.17) is 5.73 Å². The van der Waals surface area contributed by atoms with E-state index in [1.54, 1.807) is 0 Å². The Labute approximate surface area is 92.9 Å². The first-order valence-electron chi connectivity index (χ1n) is 5.71. The number of aryl methyl sites for hydroxylation is 2. The molecule has 0 saturated heterocycles. The Morgan fingerprint density at radius 2 is 1.93 bits per heavy atom. The quantitative estimate of drug-likeness (QED) is 0.696. The number of benzene rings is 1. The van der Waals surface area contributed by atoms with E-state index in [2.05, 4.69) is 37.4 Å². The molecule has 0 aliphatic carbocycles. The Morgan fingerprint density at radius 1 is 1.13 bits per heavy atom. The maximum absolute atomic E-state index is 5.42. The summed E-state index contributed by atoms with van der Waals surface area (Å²) < 4.78 is 0. The molecule has 0 aliphatic heterocycles. The molecule has 15 heavy (non-hydrogen) atoms. The summed E-state index contributed by atoms with van der Waals surface area (Å²) in [7, 11) is 0. The highest BCUT2D eigenvalue weighted by molar-refractivity contribution is 5.29. The number of hydrogen-bond acceptors (Lipinski definition) is 2. The summed E-state index contributed by atoms with van der Waals surface area (Å²) in [4.78, 5) is 0. The fourth-order valence-corrected chi connectivity index (χ4v) is 1.54. The second-order valence-corrected chi connectivity index (χ2v) is 4.06. The largest absolute Gasteiger partial charge is 0.330 e. The summed E-state index contributed by atoms with van der Waals surface area (Å²) in [6.45, 7) is 7.17. The maximum Gasteiger partial charge on any atom is -0.000834 e. The monoisotopic (exact) mass is 206 g/mol. The molecule has 1 aromatic carbocycles. The third kappa shape index (κ3) is 4.45. The zero-order valence-corrected chi connectivity index (χ0v) is 9.84. The van der Waals surface area contributed by atoms with E-state index in [-0.39, 0.29) is 0 Å². The molecule has 0 unspecified atom stereocenters. The van der Waals surface area contributed by atoms with Gasteiger partial charge in [-0.2, -0.15) is 0 Å². The van der Waals surface area contributed by atoms with Crippen molar-refractivity contribution in [3.8, 4) is 0 Å². The van der Waals surface area contributed by atoms with Crippen LogP contribution in [-0.4, -0.2) is 19.6 Å². The van der Waals surface area contributed by atoms with Crippen molar-refractivity contribution in [2.75, 3.05) is 19.6 Å². The second-order valence-electron chi connectivity index (χ2n) is 4.06. The molecule has 0 atom stereocenters. The van der Waals surface area contributed by atoms with E-state index in [1.807, 2.05) is 0 Å². The fourth-order valence-electron chi connectivity index (χ4n) is 1.54. The van der Waals surface area contributed by atoms with Gasteiger partial charge < -0.3 is 11.1 Å². The molecule has 0 aromatic heterocycles. The highest BCUT2D eigenvalue weighted by Crippen LogP contribution is 2.09. The average molecular weight is 206 g/mol. The van der Waals surface area contributed by atoms with Crippen molar-refractivity contribution in [1.82, 2.24) is 5.32 Å². The summed E-state index contributed by atoms with van der Waals surface area (Å²) in [5, 5.41) is 3.39. The van der Waals surface area contributed by atoms with Gasteiger partial charge in [-0.1, -0.05) is 18.2 Å². The maximum atomic E-state index is 5.42. The van der Waals surface area contributed by atoms with Crippen LogP contribution in [0.1, 0.15) is 23.1 Å². The van der Waals surface area contributed by atoms with Gasteiger partial charge in [-0.15, -0.1) is 0 Å². The van der Waals surface area contributed by atoms with Gasteiger partial charge in [-0.05, 0) is 63.0 Å². The van der Waals surface area contributed by atoms with Crippen molar-refractivity contribution in [3.63, 3.8) is 0 Å². The number of nitrogens with one attached hydrogen (secondary N) is 1. The Balaban J connectivity index is 2.28. The molecule has 0 amide bonds. The summed E-state index contributed by atoms with van der Waals surface area (Å²) in [5.74, 6) is 0. The van der Waals surface area contributed by atoms with Crippen molar-refractivity contribution in [2.45, 2.75) is 26.7 Å². The van der Waals surface area contributed by atoms with Gasteiger partial charge in [0.15, 0.2) is 0 Å². The highest BCUT2D eigenvalue weighted by atomic mass is 14.8. The third-order valence-electron chi connectivity index (χ3n) is 2.72. The number of hydrogen-bond donors (Lipinski definition) is 2. The first kappa shape index (κ1) is 12.2. The highest BCUT2D eigenvalue weighted by Gasteiger charge is 1.96. The second kappa shape index (κ2) is 6.59. The molecule has 0 heterocycles. The first-order chi connectivity index (χ1) is 7.24. The Bertz CT molecular complexity index is 295. The Morgan fingerprint density at radius 3 is 2.60 bits per heavy atom. The van der Waals surface area contributed by atoms with Gasteiger partial charge in [0.25, 0.3) is 0 Å². The van der Waals surface area contributed by atoms with Crippen molar-refractivity contribution in [2.24, 2.45) is 5.73 Å². The molecule has 0 aliphatic rings. The van der Waals surface area contributed by atoms with E-state index in [9.17, 15) is 0 Å². The smallest absolute Gasteiger partial charge is 0.000834 e. The lowest BCUT2D eigenvalue weighted by molar-refractivity contribution is 0.653. The third-order valence-corrected chi connectivity index (χ3v) is 2.72. The summed E-state index contributed by atoms with van der Waals surface area (Å²) >= 11 is 0. The fraction of sp³-hybridized carbons (Fsp3) is 0.538. The van der Waals surface area contributed by atoms with Crippen LogP contribution in [0, 0.1) is 13.8 Å². The molecule has 84 valence electrons. The van der Waals surface area contributed by atoms with Crippen molar-refractivity contribution >= 4 is 0 Å². The van der Waals surface area contributed by atoms with E-state index >= 15 is 0 Å². The van der Waals surface area contributed by atoms with Gasteiger partial charge in [-0.3, -0.25) is 0 Å².